The number of aliphatic carboxylic acids is 1. The molecule has 0 saturated carbocycles. The number of piperidine rings is 1. The zero-order chi connectivity index (χ0) is 21.2. The monoisotopic (exact) mass is 399 g/mol. The molecule has 1 unspecified atom stereocenters. The molecule has 0 spiro atoms. The van der Waals surface area contributed by atoms with Crippen LogP contribution in [0.2, 0.25) is 0 Å². The molecule has 1 aliphatic heterocycles. The predicted molar refractivity (Wildman–Crippen MR) is 109 cm³/mol. The molecule has 2 aromatic rings. The van der Waals surface area contributed by atoms with Gasteiger partial charge in [-0.15, -0.1) is 0 Å². The SMILES string of the molecule is COCC1(C(=O)O)CCCN(C(=O)c2cnn(-c3ccc(C)cc3)c2C(C)C)C1. The first-order chi connectivity index (χ1) is 13.8. The van der Waals surface area contributed by atoms with Crippen LogP contribution in [0.4, 0.5) is 0 Å². The van der Waals surface area contributed by atoms with E-state index in [0.717, 1.165) is 16.9 Å². The molecule has 29 heavy (non-hydrogen) atoms. The van der Waals surface area contributed by atoms with Crippen molar-refractivity contribution >= 4 is 11.9 Å². The topological polar surface area (TPSA) is 84.7 Å². The van der Waals surface area contributed by atoms with E-state index in [2.05, 4.69) is 5.10 Å². The summed E-state index contributed by atoms with van der Waals surface area (Å²) >= 11 is 0. The highest BCUT2D eigenvalue weighted by Crippen LogP contribution is 2.33. The van der Waals surface area contributed by atoms with Gasteiger partial charge >= 0.3 is 5.97 Å². The molecule has 1 saturated heterocycles. The van der Waals surface area contributed by atoms with Gasteiger partial charge in [-0.2, -0.15) is 5.10 Å². The van der Waals surface area contributed by atoms with E-state index in [1.165, 1.54) is 7.11 Å². The highest BCUT2D eigenvalue weighted by atomic mass is 16.5. The number of nitrogens with zero attached hydrogens (tertiary/aromatic N) is 3. The van der Waals surface area contributed by atoms with E-state index < -0.39 is 11.4 Å². The number of aryl methyl sites for hydroxylation is 1. The fraction of sp³-hybridized carbons (Fsp3) is 0.500. The minimum Gasteiger partial charge on any atom is -0.481 e. The molecule has 0 bridgehead atoms. The lowest BCUT2D eigenvalue weighted by Crippen LogP contribution is -2.52. The number of carboxylic acids is 1. The number of hydrogen-bond donors (Lipinski definition) is 1. The largest absolute Gasteiger partial charge is 0.481 e. The Balaban J connectivity index is 1.95. The number of hydrogen-bond acceptors (Lipinski definition) is 4. The Kier molecular flexibility index (Phi) is 6.07. The van der Waals surface area contributed by atoms with Gasteiger partial charge in [-0.3, -0.25) is 9.59 Å². The van der Waals surface area contributed by atoms with E-state index in [4.69, 9.17) is 4.74 Å². The van der Waals surface area contributed by atoms with E-state index in [1.807, 2.05) is 45.0 Å². The number of ether oxygens (including phenoxy) is 1. The van der Waals surface area contributed by atoms with Gasteiger partial charge in [-0.05, 0) is 37.8 Å². The van der Waals surface area contributed by atoms with Crippen molar-refractivity contribution in [3.8, 4) is 5.69 Å². The third-order valence-corrected chi connectivity index (χ3v) is 5.60. The molecule has 2 heterocycles. The summed E-state index contributed by atoms with van der Waals surface area (Å²) in [6, 6.07) is 7.99. The second kappa shape index (κ2) is 8.37. The van der Waals surface area contributed by atoms with E-state index in [9.17, 15) is 14.7 Å². The van der Waals surface area contributed by atoms with Crippen LogP contribution >= 0.6 is 0 Å². The van der Waals surface area contributed by atoms with Crippen molar-refractivity contribution in [3.05, 3.63) is 47.3 Å². The summed E-state index contributed by atoms with van der Waals surface area (Å²) in [4.78, 5) is 26.9. The van der Waals surface area contributed by atoms with Crippen molar-refractivity contribution in [1.82, 2.24) is 14.7 Å². The summed E-state index contributed by atoms with van der Waals surface area (Å²) in [5, 5.41) is 14.3. The summed E-state index contributed by atoms with van der Waals surface area (Å²) in [5.74, 6) is -1.02. The van der Waals surface area contributed by atoms with Gasteiger partial charge in [0.25, 0.3) is 5.91 Å². The normalized spacial score (nSPS) is 19.6. The summed E-state index contributed by atoms with van der Waals surface area (Å²) < 4.78 is 6.98. The smallest absolute Gasteiger partial charge is 0.313 e. The van der Waals surface area contributed by atoms with Crippen LogP contribution in [0.3, 0.4) is 0 Å². The Bertz CT molecular complexity index is 884. The molecular weight excluding hydrogens is 370 g/mol. The molecule has 3 rings (SSSR count). The molecular formula is C22H29N3O4. The van der Waals surface area contributed by atoms with E-state index in [-0.39, 0.29) is 25.0 Å². The van der Waals surface area contributed by atoms with Crippen LogP contribution < -0.4 is 0 Å². The Hall–Kier alpha value is -2.67. The summed E-state index contributed by atoms with van der Waals surface area (Å²) in [6.07, 6.45) is 2.73. The number of carbonyl (C=O) groups excluding carboxylic acids is 1. The number of amides is 1. The zero-order valence-corrected chi connectivity index (χ0v) is 17.5. The number of benzene rings is 1. The predicted octanol–water partition coefficient (Wildman–Crippen LogP) is 3.26. The third kappa shape index (κ3) is 4.05. The van der Waals surface area contributed by atoms with E-state index >= 15 is 0 Å². The first-order valence-corrected chi connectivity index (χ1v) is 9.95. The van der Waals surface area contributed by atoms with Crippen molar-refractivity contribution in [3.63, 3.8) is 0 Å². The minimum absolute atomic E-state index is 0.0748. The Labute approximate surface area is 171 Å². The first-order valence-electron chi connectivity index (χ1n) is 9.95. The van der Waals surface area contributed by atoms with Crippen molar-refractivity contribution < 1.29 is 19.4 Å². The molecule has 1 aromatic heterocycles. The van der Waals surface area contributed by atoms with Crippen molar-refractivity contribution in [2.24, 2.45) is 5.41 Å². The van der Waals surface area contributed by atoms with Crippen LogP contribution in [-0.4, -0.2) is 58.5 Å². The lowest BCUT2D eigenvalue weighted by Gasteiger charge is -2.39. The lowest BCUT2D eigenvalue weighted by atomic mass is 9.80. The van der Waals surface area contributed by atoms with Gasteiger partial charge in [-0.1, -0.05) is 31.5 Å². The molecule has 1 aliphatic rings. The maximum absolute atomic E-state index is 13.4. The molecule has 1 aromatic carbocycles. The molecule has 7 heteroatoms. The number of rotatable bonds is 6. The summed E-state index contributed by atoms with van der Waals surface area (Å²) in [6.45, 7) is 6.84. The van der Waals surface area contributed by atoms with Crippen LogP contribution in [0, 0.1) is 12.3 Å². The molecule has 156 valence electrons. The fourth-order valence-corrected chi connectivity index (χ4v) is 4.08. The molecule has 1 N–H and O–H groups in total. The second-order valence-electron chi connectivity index (χ2n) is 8.19. The number of likely N-dealkylation sites (tertiary alicyclic amines) is 1. The lowest BCUT2D eigenvalue weighted by molar-refractivity contribution is -0.155. The van der Waals surface area contributed by atoms with E-state index in [0.29, 0.717) is 24.9 Å². The standard InChI is InChI=1S/C22H29N3O4/c1-15(2)19-18(12-23-25(19)17-8-6-16(3)7-9-17)20(26)24-11-5-10-22(13-24,14-29-4)21(27)28/h6-9,12,15H,5,10-11,13-14H2,1-4H3,(H,27,28). The molecule has 0 aliphatic carbocycles. The number of aromatic nitrogens is 2. The number of carbonyl (C=O) groups is 2. The van der Waals surface area contributed by atoms with Gasteiger partial charge < -0.3 is 14.7 Å². The first kappa shape index (κ1) is 21.0. The van der Waals surface area contributed by atoms with Crippen LogP contribution in [0.15, 0.2) is 30.5 Å². The maximum Gasteiger partial charge on any atom is 0.313 e. The number of methoxy groups -OCH3 is 1. The second-order valence-corrected chi connectivity index (χ2v) is 8.19. The van der Waals surface area contributed by atoms with E-state index in [1.54, 1.807) is 15.8 Å². The van der Waals surface area contributed by atoms with Gasteiger partial charge in [0.15, 0.2) is 0 Å². The molecule has 0 radical (unpaired) electrons. The summed E-state index contributed by atoms with van der Waals surface area (Å²) in [5.41, 5.74) is 2.35. The fourth-order valence-electron chi connectivity index (χ4n) is 4.08. The van der Waals surface area contributed by atoms with Gasteiger partial charge in [0.1, 0.15) is 5.41 Å². The quantitative estimate of drug-likeness (QED) is 0.806. The van der Waals surface area contributed by atoms with Crippen LogP contribution in [0.5, 0.6) is 0 Å². The highest BCUT2D eigenvalue weighted by molar-refractivity contribution is 5.96. The third-order valence-electron chi connectivity index (χ3n) is 5.60. The van der Waals surface area contributed by atoms with Crippen LogP contribution in [0.25, 0.3) is 5.69 Å². The Morgan fingerprint density at radius 1 is 1.28 bits per heavy atom. The summed E-state index contributed by atoms with van der Waals surface area (Å²) in [7, 11) is 1.49. The molecule has 7 nitrogen and oxygen atoms in total. The molecule has 1 fully saturated rings. The van der Waals surface area contributed by atoms with Crippen molar-refractivity contribution in [1.29, 1.82) is 0 Å². The van der Waals surface area contributed by atoms with Crippen molar-refractivity contribution in [2.45, 2.75) is 39.5 Å². The molecule has 1 amide bonds. The zero-order valence-electron chi connectivity index (χ0n) is 17.5. The Morgan fingerprint density at radius 3 is 2.55 bits per heavy atom. The van der Waals surface area contributed by atoms with Gasteiger partial charge in [-0.25, -0.2) is 4.68 Å². The number of carboxylic acid groups (broad SMARTS) is 1. The Morgan fingerprint density at radius 2 is 1.97 bits per heavy atom. The maximum atomic E-state index is 13.4. The van der Waals surface area contributed by atoms with Gasteiger partial charge in [0.05, 0.1) is 29.7 Å². The highest BCUT2D eigenvalue weighted by Gasteiger charge is 2.44. The molecule has 1 atom stereocenters. The average molecular weight is 399 g/mol. The van der Waals surface area contributed by atoms with Gasteiger partial charge in [0, 0.05) is 20.2 Å². The van der Waals surface area contributed by atoms with Gasteiger partial charge in [0.2, 0.25) is 0 Å². The van der Waals surface area contributed by atoms with Crippen LogP contribution in [0.1, 0.15) is 54.2 Å². The average Bonchev–Trinajstić information content (AvgIpc) is 3.13. The minimum atomic E-state index is -1.06. The van der Waals surface area contributed by atoms with Crippen LogP contribution in [-0.2, 0) is 9.53 Å². The van der Waals surface area contributed by atoms with Crippen molar-refractivity contribution in [2.75, 3.05) is 26.8 Å².